The van der Waals surface area contributed by atoms with Crippen molar-refractivity contribution < 1.29 is 9.53 Å². The number of carbonyl (C=O) groups is 1. The van der Waals surface area contributed by atoms with Crippen molar-refractivity contribution in [1.82, 2.24) is 15.3 Å². The molecular weight excluding hydrogens is 330 g/mol. The van der Waals surface area contributed by atoms with Crippen LogP contribution in [-0.2, 0) is 11.3 Å². The molecule has 0 saturated heterocycles. The molecule has 5 nitrogen and oxygen atoms in total. The lowest BCUT2D eigenvalue weighted by atomic mass is 10.2. The third kappa shape index (κ3) is 4.14. The summed E-state index contributed by atoms with van der Waals surface area (Å²) >= 11 is 4.80. The Kier molecular flexibility index (Phi) is 4.05. The standard InChI is InChI=1S/C12H14BrN3O2S/c1-12(2,3)18-11(17)15-6-9-16-8-4-7(13)5-14-10(8)19-9/h4-5H,6H2,1-3H3,(H,15,17). The van der Waals surface area contributed by atoms with Gasteiger partial charge in [0.05, 0.1) is 6.54 Å². The van der Waals surface area contributed by atoms with Gasteiger partial charge in [0.2, 0.25) is 0 Å². The molecule has 0 aliphatic heterocycles. The molecule has 0 aliphatic rings. The SMILES string of the molecule is CC(C)(C)OC(=O)NCc1nc2cc(Br)cnc2s1. The second-order valence-corrected chi connectivity index (χ2v) is 6.92. The van der Waals surface area contributed by atoms with E-state index < -0.39 is 11.7 Å². The highest BCUT2D eigenvalue weighted by Gasteiger charge is 2.16. The van der Waals surface area contributed by atoms with Crippen molar-refractivity contribution in [2.75, 3.05) is 0 Å². The lowest BCUT2D eigenvalue weighted by Crippen LogP contribution is -2.32. The smallest absolute Gasteiger partial charge is 0.408 e. The first-order chi connectivity index (χ1) is 8.83. The quantitative estimate of drug-likeness (QED) is 0.906. The number of thiazole rings is 1. The zero-order chi connectivity index (χ0) is 14.0. The molecule has 2 heterocycles. The number of amides is 1. The minimum atomic E-state index is -0.496. The molecule has 0 radical (unpaired) electrons. The number of rotatable bonds is 2. The zero-order valence-electron chi connectivity index (χ0n) is 10.9. The molecule has 2 rings (SSSR count). The molecule has 102 valence electrons. The lowest BCUT2D eigenvalue weighted by molar-refractivity contribution is 0.0523. The average Bonchev–Trinajstić information content (AvgIpc) is 2.66. The van der Waals surface area contributed by atoms with Crippen LogP contribution in [0.25, 0.3) is 10.3 Å². The third-order valence-electron chi connectivity index (χ3n) is 2.04. The molecule has 1 N–H and O–H groups in total. The molecule has 1 amide bonds. The molecule has 0 spiro atoms. The van der Waals surface area contributed by atoms with Crippen molar-refractivity contribution in [3.8, 4) is 0 Å². The van der Waals surface area contributed by atoms with Crippen molar-refractivity contribution in [2.24, 2.45) is 0 Å². The van der Waals surface area contributed by atoms with Gasteiger partial charge >= 0.3 is 6.09 Å². The number of pyridine rings is 1. The van der Waals surface area contributed by atoms with Gasteiger partial charge in [-0.25, -0.2) is 14.8 Å². The van der Waals surface area contributed by atoms with Crippen LogP contribution in [0.5, 0.6) is 0 Å². The fraction of sp³-hybridized carbons (Fsp3) is 0.417. The van der Waals surface area contributed by atoms with E-state index in [-0.39, 0.29) is 0 Å². The number of alkyl carbamates (subject to hydrolysis) is 1. The molecule has 19 heavy (non-hydrogen) atoms. The summed E-state index contributed by atoms with van der Waals surface area (Å²) < 4.78 is 6.04. The maximum atomic E-state index is 11.5. The van der Waals surface area contributed by atoms with E-state index in [0.717, 1.165) is 19.8 Å². The summed E-state index contributed by atoms with van der Waals surface area (Å²) in [4.78, 5) is 21.0. The summed E-state index contributed by atoms with van der Waals surface area (Å²) in [7, 11) is 0. The van der Waals surface area contributed by atoms with Crippen molar-refractivity contribution in [1.29, 1.82) is 0 Å². The van der Waals surface area contributed by atoms with Crippen LogP contribution in [0.15, 0.2) is 16.7 Å². The van der Waals surface area contributed by atoms with E-state index in [9.17, 15) is 4.79 Å². The van der Waals surface area contributed by atoms with Crippen LogP contribution in [-0.4, -0.2) is 21.7 Å². The summed E-state index contributed by atoms with van der Waals surface area (Å²) in [5.41, 5.74) is 0.324. The Balaban J connectivity index is 2.00. The van der Waals surface area contributed by atoms with Gasteiger partial charge in [0.1, 0.15) is 21.0 Å². The van der Waals surface area contributed by atoms with Crippen LogP contribution in [0.2, 0.25) is 0 Å². The van der Waals surface area contributed by atoms with Crippen LogP contribution < -0.4 is 5.32 Å². The van der Waals surface area contributed by atoms with Crippen molar-refractivity contribution in [3.05, 3.63) is 21.7 Å². The zero-order valence-corrected chi connectivity index (χ0v) is 13.3. The molecule has 0 aliphatic carbocycles. The Morgan fingerprint density at radius 1 is 1.53 bits per heavy atom. The number of fused-ring (bicyclic) bond motifs is 1. The Morgan fingerprint density at radius 2 is 2.26 bits per heavy atom. The first-order valence-corrected chi connectivity index (χ1v) is 7.32. The van der Waals surface area contributed by atoms with Crippen molar-refractivity contribution in [3.63, 3.8) is 0 Å². The average molecular weight is 344 g/mol. The highest BCUT2D eigenvalue weighted by molar-refractivity contribution is 9.10. The van der Waals surface area contributed by atoms with Gasteiger partial charge in [0.15, 0.2) is 0 Å². The molecule has 2 aromatic rings. The predicted molar refractivity (Wildman–Crippen MR) is 78.2 cm³/mol. The molecular formula is C12H14BrN3O2S. The first-order valence-electron chi connectivity index (χ1n) is 5.71. The second-order valence-electron chi connectivity index (χ2n) is 4.94. The molecule has 2 aromatic heterocycles. The van der Waals surface area contributed by atoms with Gasteiger partial charge in [-0.3, -0.25) is 0 Å². The number of aromatic nitrogens is 2. The summed E-state index contributed by atoms with van der Waals surface area (Å²) in [6, 6.07) is 1.90. The van der Waals surface area contributed by atoms with E-state index in [1.54, 1.807) is 6.20 Å². The van der Waals surface area contributed by atoms with E-state index in [1.807, 2.05) is 26.8 Å². The molecule has 0 saturated carbocycles. The van der Waals surface area contributed by atoms with Crippen LogP contribution >= 0.6 is 27.3 Å². The van der Waals surface area contributed by atoms with Crippen LogP contribution in [0.1, 0.15) is 25.8 Å². The molecule has 0 fully saturated rings. The Labute approximate surface area is 123 Å². The largest absolute Gasteiger partial charge is 0.444 e. The number of nitrogens with one attached hydrogen (secondary N) is 1. The van der Waals surface area contributed by atoms with Gasteiger partial charge in [0, 0.05) is 10.7 Å². The van der Waals surface area contributed by atoms with Crippen LogP contribution in [0.4, 0.5) is 4.79 Å². The maximum absolute atomic E-state index is 11.5. The summed E-state index contributed by atoms with van der Waals surface area (Å²) in [5.74, 6) is 0. The number of carbonyl (C=O) groups excluding carboxylic acids is 1. The fourth-order valence-corrected chi connectivity index (χ4v) is 2.53. The van der Waals surface area contributed by atoms with E-state index in [1.165, 1.54) is 11.3 Å². The number of hydrogen-bond donors (Lipinski definition) is 1. The van der Waals surface area contributed by atoms with E-state index in [2.05, 4.69) is 31.2 Å². The summed E-state index contributed by atoms with van der Waals surface area (Å²) in [6.45, 7) is 5.82. The number of nitrogens with zero attached hydrogens (tertiary/aromatic N) is 2. The second kappa shape index (κ2) is 5.42. The fourth-order valence-electron chi connectivity index (χ4n) is 1.38. The van der Waals surface area contributed by atoms with E-state index in [0.29, 0.717) is 6.54 Å². The van der Waals surface area contributed by atoms with Crippen LogP contribution in [0, 0.1) is 0 Å². The minimum Gasteiger partial charge on any atom is -0.444 e. The van der Waals surface area contributed by atoms with Gasteiger partial charge in [0.25, 0.3) is 0 Å². The minimum absolute atomic E-state index is 0.341. The van der Waals surface area contributed by atoms with Crippen molar-refractivity contribution in [2.45, 2.75) is 32.9 Å². The summed E-state index contributed by atoms with van der Waals surface area (Å²) in [6.07, 6.45) is 1.28. The monoisotopic (exact) mass is 343 g/mol. The van der Waals surface area contributed by atoms with E-state index in [4.69, 9.17) is 4.74 Å². The first kappa shape index (κ1) is 14.2. The van der Waals surface area contributed by atoms with E-state index >= 15 is 0 Å². The molecule has 7 heteroatoms. The lowest BCUT2D eigenvalue weighted by Gasteiger charge is -2.19. The van der Waals surface area contributed by atoms with Crippen LogP contribution in [0.3, 0.4) is 0 Å². The number of ether oxygens (including phenoxy) is 1. The normalized spacial score (nSPS) is 11.6. The van der Waals surface area contributed by atoms with Gasteiger partial charge in [-0.15, -0.1) is 0 Å². The molecule has 0 bridgehead atoms. The highest BCUT2D eigenvalue weighted by Crippen LogP contribution is 2.22. The van der Waals surface area contributed by atoms with Crippen molar-refractivity contribution >= 4 is 43.7 Å². The Hall–Kier alpha value is -1.21. The molecule has 0 unspecified atom stereocenters. The van der Waals surface area contributed by atoms with Gasteiger partial charge < -0.3 is 10.1 Å². The van der Waals surface area contributed by atoms with Gasteiger partial charge in [-0.1, -0.05) is 11.3 Å². The summed E-state index contributed by atoms with van der Waals surface area (Å²) in [5, 5.41) is 3.48. The number of halogens is 1. The van der Waals surface area contributed by atoms with Gasteiger partial charge in [-0.05, 0) is 42.8 Å². The maximum Gasteiger partial charge on any atom is 0.408 e. The molecule has 0 aromatic carbocycles. The Morgan fingerprint density at radius 3 is 2.95 bits per heavy atom. The van der Waals surface area contributed by atoms with Gasteiger partial charge in [-0.2, -0.15) is 0 Å². The Bertz CT molecular complexity index is 607. The topological polar surface area (TPSA) is 64.1 Å². The predicted octanol–water partition coefficient (Wildman–Crippen LogP) is 3.48. The highest BCUT2D eigenvalue weighted by atomic mass is 79.9. The molecule has 0 atom stereocenters. The number of hydrogen-bond acceptors (Lipinski definition) is 5. The third-order valence-corrected chi connectivity index (χ3v) is 3.45.